The van der Waals surface area contributed by atoms with Gasteiger partial charge in [0.25, 0.3) is 0 Å². The van der Waals surface area contributed by atoms with E-state index in [-0.39, 0.29) is 6.54 Å². The summed E-state index contributed by atoms with van der Waals surface area (Å²) in [6.45, 7) is 1.50. The van der Waals surface area contributed by atoms with Gasteiger partial charge in [-0.1, -0.05) is 15.9 Å². The SMILES string of the molecule is Fc1ccc(F)c(CNCc2cc(Br)cc3c2OCC3)c1. The van der Waals surface area contributed by atoms with Crippen LogP contribution in [0.15, 0.2) is 34.8 Å². The smallest absolute Gasteiger partial charge is 0.127 e. The Morgan fingerprint density at radius 2 is 1.90 bits per heavy atom. The fraction of sp³-hybridized carbons (Fsp3) is 0.250. The predicted octanol–water partition coefficient (Wildman–Crippen LogP) is 3.95. The first kappa shape index (κ1) is 14.5. The first-order chi connectivity index (χ1) is 10.1. The van der Waals surface area contributed by atoms with Gasteiger partial charge >= 0.3 is 0 Å². The van der Waals surface area contributed by atoms with Gasteiger partial charge in [-0.15, -0.1) is 0 Å². The van der Waals surface area contributed by atoms with Gasteiger partial charge in [0.15, 0.2) is 0 Å². The van der Waals surface area contributed by atoms with E-state index in [1.54, 1.807) is 0 Å². The number of ether oxygens (including phenoxy) is 1. The standard InChI is InChI=1S/C16H14BrF2NO/c17-13-5-10-3-4-21-16(10)12(6-13)9-20-8-11-7-14(18)1-2-15(11)19/h1-2,5-7,20H,3-4,8-9H2. The quantitative estimate of drug-likeness (QED) is 0.898. The fourth-order valence-corrected chi connectivity index (χ4v) is 3.04. The third-order valence-corrected chi connectivity index (χ3v) is 3.92. The lowest BCUT2D eigenvalue weighted by atomic mass is 10.1. The second-order valence-electron chi connectivity index (χ2n) is 4.99. The molecule has 0 atom stereocenters. The minimum atomic E-state index is -0.431. The maximum Gasteiger partial charge on any atom is 0.127 e. The summed E-state index contributed by atoms with van der Waals surface area (Å²) in [6.07, 6.45) is 0.903. The van der Waals surface area contributed by atoms with Crippen molar-refractivity contribution in [2.24, 2.45) is 0 Å². The van der Waals surface area contributed by atoms with E-state index >= 15 is 0 Å². The minimum absolute atomic E-state index is 0.269. The minimum Gasteiger partial charge on any atom is -0.493 e. The molecule has 0 amide bonds. The van der Waals surface area contributed by atoms with Crippen LogP contribution >= 0.6 is 15.9 Å². The second kappa shape index (κ2) is 6.12. The monoisotopic (exact) mass is 353 g/mol. The molecule has 0 fully saturated rings. The molecule has 3 rings (SSSR count). The van der Waals surface area contributed by atoms with Gasteiger partial charge < -0.3 is 10.1 Å². The van der Waals surface area contributed by atoms with Crippen molar-refractivity contribution >= 4 is 15.9 Å². The van der Waals surface area contributed by atoms with Crippen LogP contribution in [-0.4, -0.2) is 6.61 Å². The molecule has 0 aliphatic carbocycles. The van der Waals surface area contributed by atoms with Gasteiger partial charge in [0.05, 0.1) is 6.61 Å². The molecule has 5 heteroatoms. The fourth-order valence-electron chi connectivity index (χ4n) is 2.49. The normalized spacial score (nSPS) is 13.1. The van der Waals surface area contributed by atoms with Crippen LogP contribution in [0.3, 0.4) is 0 Å². The predicted molar refractivity (Wildman–Crippen MR) is 80.2 cm³/mol. The average Bonchev–Trinajstić information content (AvgIpc) is 2.90. The van der Waals surface area contributed by atoms with Crippen LogP contribution in [0.25, 0.3) is 0 Å². The van der Waals surface area contributed by atoms with E-state index in [1.165, 1.54) is 11.6 Å². The van der Waals surface area contributed by atoms with E-state index < -0.39 is 11.6 Å². The molecule has 0 aromatic heterocycles. The summed E-state index contributed by atoms with van der Waals surface area (Å²) in [5.74, 6) is 0.0740. The Hall–Kier alpha value is -1.46. The molecule has 0 spiro atoms. The van der Waals surface area contributed by atoms with E-state index in [4.69, 9.17) is 4.74 Å². The molecule has 2 aromatic rings. The van der Waals surface area contributed by atoms with Gasteiger partial charge in [-0.25, -0.2) is 8.78 Å². The molecule has 0 saturated carbocycles. The molecular weight excluding hydrogens is 340 g/mol. The van der Waals surface area contributed by atoms with Crippen LogP contribution in [0, 0.1) is 11.6 Å². The Bertz CT molecular complexity index is 676. The zero-order valence-corrected chi connectivity index (χ0v) is 12.8. The van der Waals surface area contributed by atoms with E-state index in [9.17, 15) is 8.78 Å². The van der Waals surface area contributed by atoms with Crippen molar-refractivity contribution in [3.63, 3.8) is 0 Å². The van der Waals surface area contributed by atoms with Crippen molar-refractivity contribution in [1.82, 2.24) is 5.32 Å². The van der Waals surface area contributed by atoms with Crippen LogP contribution < -0.4 is 10.1 Å². The van der Waals surface area contributed by atoms with Crippen molar-refractivity contribution in [3.05, 3.63) is 63.1 Å². The third-order valence-electron chi connectivity index (χ3n) is 3.46. The number of hydrogen-bond donors (Lipinski definition) is 1. The van der Waals surface area contributed by atoms with Crippen LogP contribution in [0.4, 0.5) is 8.78 Å². The maximum atomic E-state index is 13.5. The van der Waals surface area contributed by atoms with Crippen molar-refractivity contribution in [2.75, 3.05) is 6.61 Å². The summed E-state index contributed by atoms with van der Waals surface area (Å²) in [4.78, 5) is 0. The number of hydrogen-bond acceptors (Lipinski definition) is 2. The van der Waals surface area contributed by atoms with Crippen molar-refractivity contribution in [3.8, 4) is 5.75 Å². The lowest BCUT2D eigenvalue weighted by Gasteiger charge is -2.11. The summed E-state index contributed by atoms with van der Waals surface area (Å²) in [6, 6.07) is 7.52. The van der Waals surface area contributed by atoms with Gasteiger partial charge in [-0.3, -0.25) is 0 Å². The first-order valence-corrected chi connectivity index (χ1v) is 7.51. The topological polar surface area (TPSA) is 21.3 Å². The second-order valence-corrected chi connectivity index (χ2v) is 5.91. The van der Waals surface area contributed by atoms with Crippen LogP contribution in [0.1, 0.15) is 16.7 Å². The molecule has 1 aliphatic rings. The molecule has 110 valence electrons. The number of halogens is 3. The van der Waals surface area contributed by atoms with Crippen molar-refractivity contribution in [1.29, 1.82) is 0 Å². The summed E-state index contributed by atoms with van der Waals surface area (Å²) >= 11 is 3.48. The maximum absolute atomic E-state index is 13.5. The molecule has 0 bridgehead atoms. The molecular formula is C16H14BrF2NO. The lowest BCUT2D eigenvalue weighted by Crippen LogP contribution is -2.14. The molecule has 21 heavy (non-hydrogen) atoms. The highest BCUT2D eigenvalue weighted by molar-refractivity contribution is 9.10. The number of nitrogens with one attached hydrogen (secondary N) is 1. The summed E-state index contributed by atoms with van der Waals surface area (Å²) < 4.78 is 33.3. The Morgan fingerprint density at radius 1 is 1.10 bits per heavy atom. The van der Waals surface area contributed by atoms with Crippen molar-refractivity contribution < 1.29 is 13.5 Å². The molecule has 1 aliphatic heterocycles. The highest BCUT2D eigenvalue weighted by atomic mass is 79.9. The molecule has 0 radical (unpaired) electrons. The van der Waals surface area contributed by atoms with Gasteiger partial charge in [0, 0.05) is 35.1 Å². The highest BCUT2D eigenvalue weighted by Gasteiger charge is 2.17. The number of rotatable bonds is 4. The average molecular weight is 354 g/mol. The molecule has 2 aromatic carbocycles. The Kier molecular flexibility index (Phi) is 4.22. The van der Waals surface area contributed by atoms with E-state index in [2.05, 4.69) is 27.3 Å². The van der Waals surface area contributed by atoms with Gasteiger partial charge in [0.1, 0.15) is 17.4 Å². The molecule has 0 unspecified atom stereocenters. The zero-order valence-electron chi connectivity index (χ0n) is 11.3. The molecule has 1 N–H and O–H groups in total. The van der Waals surface area contributed by atoms with E-state index in [1.807, 2.05) is 6.07 Å². The highest BCUT2D eigenvalue weighted by Crippen LogP contribution is 2.32. The summed E-state index contributed by atoms with van der Waals surface area (Å²) in [5, 5.41) is 3.14. The number of fused-ring (bicyclic) bond motifs is 1. The zero-order chi connectivity index (χ0) is 14.8. The van der Waals surface area contributed by atoms with Crippen LogP contribution in [0.2, 0.25) is 0 Å². The Balaban J connectivity index is 1.70. The summed E-state index contributed by atoms with van der Waals surface area (Å²) in [5.41, 5.74) is 2.52. The van der Waals surface area contributed by atoms with E-state index in [0.717, 1.165) is 34.3 Å². The van der Waals surface area contributed by atoms with Crippen LogP contribution in [0.5, 0.6) is 5.75 Å². The molecule has 2 nitrogen and oxygen atoms in total. The lowest BCUT2D eigenvalue weighted by molar-refractivity contribution is 0.352. The number of benzene rings is 2. The van der Waals surface area contributed by atoms with Gasteiger partial charge in [0.2, 0.25) is 0 Å². The van der Waals surface area contributed by atoms with Gasteiger partial charge in [-0.2, -0.15) is 0 Å². The van der Waals surface area contributed by atoms with Gasteiger partial charge in [-0.05, 0) is 35.9 Å². The Labute approximate surface area is 130 Å². The summed E-state index contributed by atoms with van der Waals surface area (Å²) in [7, 11) is 0. The van der Waals surface area contributed by atoms with Crippen molar-refractivity contribution in [2.45, 2.75) is 19.5 Å². The molecule has 1 heterocycles. The van der Waals surface area contributed by atoms with E-state index in [0.29, 0.717) is 18.7 Å². The van der Waals surface area contributed by atoms with Crippen LogP contribution in [-0.2, 0) is 19.5 Å². The first-order valence-electron chi connectivity index (χ1n) is 6.72. The largest absolute Gasteiger partial charge is 0.493 e. The Morgan fingerprint density at radius 3 is 2.76 bits per heavy atom. The molecule has 0 saturated heterocycles. The third kappa shape index (κ3) is 3.24.